The average molecular weight is 217 g/mol. The Morgan fingerprint density at radius 3 is 3.00 bits per heavy atom. The van der Waals surface area contributed by atoms with Gasteiger partial charge in [0.25, 0.3) is 0 Å². The van der Waals surface area contributed by atoms with Gasteiger partial charge in [-0.3, -0.25) is 4.79 Å². The van der Waals surface area contributed by atoms with Crippen molar-refractivity contribution in [1.29, 1.82) is 5.26 Å². The maximum Gasteiger partial charge on any atom is 0.309 e. The molecule has 0 heterocycles. The van der Waals surface area contributed by atoms with E-state index in [-0.39, 0.29) is 18.1 Å². The zero-order valence-corrected chi connectivity index (χ0v) is 8.80. The number of phenols is 1. The van der Waals surface area contributed by atoms with Gasteiger partial charge in [0.1, 0.15) is 5.75 Å². The fourth-order valence-corrected chi connectivity index (χ4v) is 1.12. The van der Waals surface area contributed by atoms with Crippen LogP contribution in [0.5, 0.6) is 5.75 Å². The minimum atomic E-state index is -0.354. The van der Waals surface area contributed by atoms with Gasteiger partial charge in [-0.25, -0.2) is 0 Å². The Kier molecular flexibility index (Phi) is 4.10. The maximum atomic E-state index is 10.8. The number of ether oxygens (including phenoxy) is 1. The summed E-state index contributed by atoms with van der Waals surface area (Å²) >= 11 is 0. The number of phenolic OH excluding ortho intramolecular Hbond substituents is 1. The number of hydrogen-bond donors (Lipinski definition) is 1. The predicted molar refractivity (Wildman–Crippen MR) is 58.5 cm³/mol. The molecule has 0 aliphatic rings. The molecule has 0 spiro atoms. The largest absolute Gasteiger partial charge is 0.507 e. The fourth-order valence-electron chi connectivity index (χ4n) is 1.12. The van der Waals surface area contributed by atoms with Crippen LogP contribution in [0.25, 0.3) is 6.08 Å². The molecule has 0 atom stereocenters. The summed E-state index contributed by atoms with van der Waals surface area (Å²) in [5, 5.41) is 18.2. The molecule has 0 saturated carbocycles. The summed E-state index contributed by atoms with van der Waals surface area (Å²) < 4.78 is 4.46. The van der Waals surface area contributed by atoms with Gasteiger partial charge in [-0.1, -0.05) is 12.2 Å². The molecule has 0 amide bonds. The van der Waals surface area contributed by atoms with Crippen molar-refractivity contribution in [2.75, 3.05) is 7.11 Å². The van der Waals surface area contributed by atoms with Crippen LogP contribution < -0.4 is 0 Å². The molecule has 0 radical (unpaired) electrons. The molecule has 4 nitrogen and oxygen atoms in total. The summed E-state index contributed by atoms with van der Waals surface area (Å²) in [6.45, 7) is 0. The maximum absolute atomic E-state index is 10.8. The number of aromatic hydroxyl groups is 1. The predicted octanol–water partition coefficient (Wildman–Crippen LogP) is 1.84. The molecule has 0 unspecified atom stereocenters. The van der Waals surface area contributed by atoms with Gasteiger partial charge in [-0.15, -0.1) is 0 Å². The van der Waals surface area contributed by atoms with Gasteiger partial charge in [0.05, 0.1) is 25.2 Å². The van der Waals surface area contributed by atoms with E-state index in [2.05, 4.69) is 4.74 Å². The van der Waals surface area contributed by atoms with Crippen LogP contribution in [0.4, 0.5) is 0 Å². The number of benzene rings is 1. The number of rotatable bonds is 3. The quantitative estimate of drug-likeness (QED) is 0.784. The van der Waals surface area contributed by atoms with Gasteiger partial charge in [-0.05, 0) is 18.2 Å². The number of carbonyl (C=O) groups excluding carboxylic acids is 1. The second-order valence-corrected chi connectivity index (χ2v) is 3.07. The van der Waals surface area contributed by atoms with Crippen molar-refractivity contribution in [2.45, 2.75) is 6.42 Å². The third-order valence-electron chi connectivity index (χ3n) is 1.97. The smallest absolute Gasteiger partial charge is 0.309 e. The van der Waals surface area contributed by atoms with Crippen molar-refractivity contribution in [3.8, 4) is 11.8 Å². The zero-order valence-electron chi connectivity index (χ0n) is 8.80. The van der Waals surface area contributed by atoms with Crippen LogP contribution in [0.2, 0.25) is 0 Å². The van der Waals surface area contributed by atoms with E-state index >= 15 is 0 Å². The third-order valence-corrected chi connectivity index (χ3v) is 1.97. The Morgan fingerprint density at radius 1 is 1.62 bits per heavy atom. The van der Waals surface area contributed by atoms with Crippen LogP contribution >= 0.6 is 0 Å². The topological polar surface area (TPSA) is 70.3 Å². The highest BCUT2D eigenvalue weighted by atomic mass is 16.5. The first-order valence-corrected chi connectivity index (χ1v) is 4.64. The number of esters is 1. The van der Waals surface area contributed by atoms with Gasteiger partial charge in [-0.2, -0.15) is 5.26 Å². The zero-order chi connectivity index (χ0) is 12.0. The molecule has 0 bridgehead atoms. The standard InChI is InChI=1S/C12H11NO3/c1-16-12(15)4-2-3-10-7-9(8-13)5-6-11(10)14/h2-3,5-7,14H,4H2,1H3. The van der Waals surface area contributed by atoms with Crippen LogP contribution in [0.1, 0.15) is 17.5 Å². The van der Waals surface area contributed by atoms with E-state index in [9.17, 15) is 9.90 Å². The van der Waals surface area contributed by atoms with E-state index in [0.29, 0.717) is 11.1 Å². The Balaban J connectivity index is 2.80. The summed E-state index contributed by atoms with van der Waals surface area (Å²) in [4.78, 5) is 10.8. The Morgan fingerprint density at radius 2 is 2.38 bits per heavy atom. The van der Waals surface area contributed by atoms with Crippen molar-refractivity contribution < 1.29 is 14.6 Å². The van der Waals surface area contributed by atoms with Gasteiger partial charge >= 0.3 is 5.97 Å². The van der Waals surface area contributed by atoms with Crippen LogP contribution in [0.3, 0.4) is 0 Å². The molecule has 4 heteroatoms. The Labute approximate surface area is 93.4 Å². The molecule has 1 N–H and O–H groups in total. The average Bonchev–Trinajstić information content (AvgIpc) is 2.31. The van der Waals surface area contributed by atoms with Crippen molar-refractivity contribution in [2.24, 2.45) is 0 Å². The fraction of sp³-hybridized carbons (Fsp3) is 0.167. The molecular formula is C12H11NO3. The number of carbonyl (C=O) groups is 1. The molecule has 0 aliphatic carbocycles. The lowest BCUT2D eigenvalue weighted by molar-refractivity contribution is -0.139. The molecule has 1 aromatic carbocycles. The van der Waals surface area contributed by atoms with Crippen LogP contribution in [-0.2, 0) is 9.53 Å². The highest BCUT2D eigenvalue weighted by Gasteiger charge is 2.00. The van der Waals surface area contributed by atoms with Crippen molar-refractivity contribution >= 4 is 12.0 Å². The summed E-state index contributed by atoms with van der Waals surface area (Å²) in [6, 6.07) is 6.47. The SMILES string of the molecule is COC(=O)CC=Cc1cc(C#N)ccc1O. The van der Waals surface area contributed by atoms with E-state index in [4.69, 9.17) is 5.26 Å². The van der Waals surface area contributed by atoms with E-state index in [1.165, 1.54) is 19.2 Å². The minimum Gasteiger partial charge on any atom is -0.507 e. The summed E-state index contributed by atoms with van der Waals surface area (Å²) in [6.07, 6.45) is 3.28. The van der Waals surface area contributed by atoms with E-state index < -0.39 is 0 Å². The number of nitrogens with zero attached hydrogens (tertiary/aromatic N) is 1. The van der Waals surface area contributed by atoms with Gasteiger partial charge in [0, 0.05) is 5.56 Å². The van der Waals surface area contributed by atoms with Gasteiger partial charge in [0.2, 0.25) is 0 Å². The molecule has 0 aromatic heterocycles. The number of methoxy groups -OCH3 is 1. The molecule has 82 valence electrons. The third kappa shape index (κ3) is 3.14. The van der Waals surface area contributed by atoms with E-state index in [1.54, 1.807) is 18.2 Å². The lowest BCUT2D eigenvalue weighted by Gasteiger charge is -1.99. The molecule has 1 aromatic rings. The van der Waals surface area contributed by atoms with Crippen LogP contribution in [0, 0.1) is 11.3 Å². The second-order valence-electron chi connectivity index (χ2n) is 3.07. The van der Waals surface area contributed by atoms with Crippen LogP contribution in [0.15, 0.2) is 24.3 Å². The first kappa shape index (κ1) is 11.8. The number of hydrogen-bond acceptors (Lipinski definition) is 4. The molecule has 0 fully saturated rings. The lowest BCUT2D eigenvalue weighted by Crippen LogP contribution is -1.96. The van der Waals surface area contributed by atoms with E-state index in [0.717, 1.165) is 0 Å². The lowest BCUT2D eigenvalue weighted by atomic mass is 10.1. The Bertz CT molecular complexity index is 458. The molecule has 0 aliphatic heterocycles. The number of nitriles is 1. The van der Waals surface area contributed by atoms with Crippen molar-refractivity contribution in [3.05, 3.63) is 35.4 Å². The molecule has 1 rings (SSSR count). The van der Waals surface area contributed by atoms with Gasteiger partial charge < -0.3 is 9.84 Å². The summed E-state index contributed by atoms with van der Waals surface area (Å²) in [5.74, 6) is -0.285. The molecule has 0 saturated heterocycles. The highest BCUT2D eigenvalue weighted by Crippen LogP contribution is 2.19. The monoisotopic (exact) mass is 217 g/mol. The molecular weight excluding hydrogens is 206 g/mol. The summed E-state index contributed by atoms with van der Waals surface area (Å²) in [5.41, 5.74) is 0.957. The van der Waals surface area contributed by atoms with Crippen LogP contribution in [-0.4, -0.2) is 18.2 Å². The normalized spacial score (nSPS) is 10.0. The first-order valence-electron chi connectivity index (χ1n) is 4.64. The van der Waals surface area contributed by atoms with E-state index in [1.807, 2.05) is 6.07 Å². The highest BCUT2D eigenvalue weighted by molar-refractivity contribution is 5.73. The van der Waals surface area contributed by atoms with Gasteiger partial charge in [0.15, 0.2) is 0 Å². The van der Waals surface area contributed by atoms with Crippen molar-refractivity contribution in [3.63, 3.8) is 0 Å². The Hall–Kier alpha value is -2.28. The second kappa shape index (κ2) is 5.56. The minimum absolute atomic E-state index is 0.0696. The summed E-state index contributed by atoms with van der Waals surface area (Å²) in [7, 11) is 1.31. The van der Waals surface area contributed by atoms with Crippen molar-refractivity contribution in [1.82, 2.24) is 0 Å². The first-order chi connectivity index (χ1) is 7.67. The molecule has 16 heavy (non-hydrogen) atoms.